The van der Waals surface area contributed by atoms with Crippen LogP contribution in [0.25, 0.3) is 10.9 Å². The van der Waals surface area contributed by atoms with Crippen LogP contribution in [0.15, 0.2) is 24.3 Å². The molecule has 0 amide bonds. The van der Waals surface area contributed by atoms with E-state index in [1.54, 1.807) is 0 Å². The third-order valence-corrected chi connectivity index (χ3v) is 6.83. The number of aliphatic carboxylic acids is 1. The van der Waals surface area contributed by atoms with Gasteiger partial charge in [-0.25, -0.2) is 0 Å². The number of piperidine rings is 1. The summed E-state index contributed by atoms with van der Waals surface area (Å²) in [4.78, 5) is 17.9. The monoisotopic (exact) mass is 340 g/mol. The highest BCUT2D eigenvalue weighted by Crippen LogP contribution is 2.49. The van der Waals surface area contributed by atoms with Crippen molar-refractivity contribution in [3.8, 4) is 0 Å². The maximum atomic E-state index is 11.8. The first-order valence-electron chi connectivity index (χ1n) is 9.38. The molecule has 3 aliphatic rings. The number of nitrogens with zero attached hydrogens (tertiary/aromatic N) is 1. The topological polar surface area (TPSA) is 76.6 Å². The first-order valence-corrected chi connectivity index (χ1v) is 9.38. The van der Waals surface area contributed by atoms with E-state index in [2.05, 4.69) is 34.1 Å². The number of aliphatic hydroxyl groups excluding tert-OH is 1. The Balaban J connectivity index is 1.54. The number of aliphatic hydroxyl groups is 1. The lowest BCUT2D eigenvalue weighted by atomic mass is 9.65. The Morgan fingerprint density at radius 3 is 2.92 bits per heavy atom. The van der Waals surface area contributed by atoms with Gasteiger partial charge in [-0.15, -0.1) is 0 Å². The molecule has 2 aliphatic heterocycles. The summed E-state index contributed by atoms with van der Waals surface area (Å²) in [6.45, 7) is 2.00. The molecule has 0 spiro atoms. The van der Waals surface area contributed by atoms with E-state index in [0.717, 1.165) is 32.4 Å². The van der Waals surface area contributed by atoms with E-state index >= 15 is 0 Å². The summed E-state index contributed by atoms with van der Waals surface area (Å²) in [5, 5.41) is 21.3. The lowest BCUT2D eigenvalue weighted by Crippen LogP contribution is -2.53. The van der Waals surface area contributed by atoms with Crippen LogP contribution >= 0.6 is 0 Å². The molecular formula is C20H24N2O3. The molecule has 2 fully saturated rings. The minimum absolute atomic E-state index is 0.0693. The molecule has 5 atom stereocenters. The molecule has 5 heteroatoms. The summed E-state index contributed by atoms with van der Waals surface area (Å²) < 4.78 is 0. The van der Waals surface area contributed by atoms with Gasteiger partial charge in [0.1, 0.15) is 0 Å². The summed E-state index contributed by atoms with van der Waals surface area (Å²) in [6, 6.07) is 8.68. The van der Waals surface area contributed by atoms with Crippen molar-refractivity contribution in [1.29, 1.82) is 0 Å². The zero-order valence-electron chi connectivity index (χ0n) is 14.2. The number of hydrogen-bond acceptors (Lipinski definition) is 3. The Morgan fingerprint density at radius 1 is 1.24 bits per heavy atom. The third-order valence-electron chi connectivity index (χ3n) is 6.83. The summed E-state index contributed by atoms with van der Waals surface area (Å²) in [7, 11) is 0. The Kier molecular flexibility index (Phi) is 3.44. The van der Waals surface area contributed by atoms with E-state index in [-0.39, 0.29) is 12.0 Å². The van der Waals surface area contributed by atoms with Crippen LogP contribution in [0.2, 0.25) is 0 Å². The quantitative estimate of drug-likeness (QED) is 0.746. The minimum atomic E-state index is -0.830. The number of fused-ring (bicyclic) bond motifs is 6. The van der Waals surface area contributed by atoms with Gasteiger partial charge in [0.05, 0.1) is 18.1 Å². The number of para-hydroxylation sites is 1. The molecule has 2 aromatic rings. The highest BCUT2D eigenvalue weighted by atomic mass is 16.4. The number of aromatic nitrogens is 1. The number of carboxylic acid groups (broad SMARTS) is 1. The number of benzene rings is 1. The zero-order valence-corrected chi connectivity index (χ0v) is 14.2. The van der Waals surface area contributed by atoms with Crippen LogP contribution in [0.3, 0.4) is 0 Å². The third kappa shape index (κ3) is 2.26. The first kappa shape index (κ1) is 15.4. The van der Waals surface area contributed by atoms with E-state index in [1.807, 2.05) is 0 Å². The van der Waals surface area contributed by atoms with Crippen LogP contribution in [-0.4, -0.2) is 45.3 Å². The molecule has 1 aliphatic carbocycles. The largest absolute Gasteiger partial charge is 0.481 e. The number of carbonyl (C=O) groups is 1. The Bertz CT molecular complexity index is 829. The van der Waals surface area contributed by atoms with Crippen molar-refractivity contribution in [2.24, 2.45) is 17.8 Å². The van der Waals surface area contributed by atoms with Crippen molar-refractivity contribution in [2.45, 2.75) is 37.8 Å². The van der Waals surface area contributed by atoms with Crippen molar-refractivity contribution >= 4 is 16.9 Å². The number of aromatic amines is 1. The van der Waals surface area contributed by atoms with E-state index in [1.165, 1.54) is 22.2 Å². The second kappa shape index (κ2) is 5.58. The lowest BCUT2D eigenvalue weighted by molar-refractivity contribution is -0.156. The fraction of sp³-hybridized carbons (Fsp3) is 0.550. The summed E-state index contributed by atoms with van der Waals surface area (Å²) >= 11 is 0. The predicted octanol–water partition coefficient (Wildman–Crippen LogP) is 2.56. The molecule has 25 heavy (non-hydrogen) atoms. The molecule has 0 radical (unpaired) electrons. The van der Waals surface area contributed by atoms with Gasteiger partial charge in [-0.1, -0.05) is 18.2 Å². The second-order valence-electron chi connectivity index (χ2n) is 7.99. The van der Waals surface area contributed by atoms with Crippen LogP contribution < -0.4 is 0 Å². The normalized spacial score (nSPS) is 35.0. The van der Waals surface area contributed by atoms with Gasteiger partial charge < -0.3 is 15.2 Å². The Morgan fingerprint density at radius 2 is 2.08 bits per heavy atom. The molecule has 3 N–H and O–H groups in total. The van der Waals surface area contributed by atoms with E-state index in [0.29, 0.717) is 12.3 Å². The van der Waals surface area contributed by atoms with Gasteiger partial charge in [-0.2, -0.15) is 0 Å². The van der Waals surface area contributed by atoms with Crippen molar-refractivity contribution in [3.63, 3.8) is 0 Å². The Hall–Kier alpha value is -1.85. The molecule has 3 heterocycles. The fourth-order valence-electron chi connectivity index (χ4n) is 5.68. The Labute approximate surface area is 146 Å². The van der Waals surface area contributed by atoms with Gasteiger partial charge in [0.15, 0.2) is 0 Å². The first-order chi connectivity index (χ1) is 12.1. The fourth-order valence-corrected chi connectivity index (χ4v) is 5.68. The van der Waals surface area contributed by atoms with Crippen molar-refractivity contribution in [1.82, 2.24) is 9.88 Å². The van der Waals surface area contributed by atoms with E-state index in [4.69, 9.17) is 0 Å². The SMILES string of the molecule is O=C(O)[C@H]1[C@H]2CC3c4[nH]c5ccccc5c4CCN3C[C@@H]2CC[C@@H]1O. The highest BCUT2D eigenvalue weighted by Gasteiger charge is 2.49. The molecule has 5 rings (SSSR count). The molecule has 1 unspecified atom stereocenters. The van der Waals surface area contributed by atoms with Crippen molar-refractivity contribution in [3.05, 3.63) is 35.5 Å². The molecule has 132 valence electrons. The standard InChI is InChI=1S/C20H24N2O3/c23-17-6-5-11-10-22-8-7-13-12-3-1-2-4-15(12)21-19(13)16(22)9-14(11)18(17)20(24)25/h1-4,11,14,16-18,21,23H,5-10H2,(H,24,25)/t11-,14-,16?,17-,18-/m0/s1. The number of carboxylic acids is 1. The molecule has 1 aromatic heterocycles. The molecule has 1 saturated carbocycles. The molecular weight excluding hydrogens is 316 g/mol. The van der Waals surface area contributed by atoms with Crippen LogP contribution in [0.5, 0.6) is 0 Å². The molecule has 5 nitrogen and oxygen atoms in total. The summed E-state index contributed by atoms with van der Waals surface area (Å²) in [5.74, 6) is -0.981. The summed E-state index contributed by atoms with van der Waals surface area (Å²) in [5.41, 5.74) is 3.85. The van der Waals surface area contributed by atoms with Gasteiger partial charge in [0, 0.05) is 29.7 Å². The second-order valence-corrected chi connectivity index (χ2v) is 7.99. The molecule has 1 aromatic carbocycles. The zero-order chi connectivity index (χ0) is 17.1. The van der Waals surface area contributed by atoms with Gasteiger partial charge in [0.25, 0.3) is 0 Å². The maximum Gasteiger partial charge on any atom is 0.309 e. The van der Waals surface area contributed by atoms with Crippen LogP contribution in [0, 0.1) is 17.8 Å². The van der Waals surface area contributed by atoms with Crippen molar-refractivity contribution in [2.75, 3.05) is 13.1 Å². The lowest BCUT2D eigenvalue weighted by Gasteiger charge is -2.50. The van der Waals surface area contributed by atoms with Gasteiger partial charge >= 0.3 is 5.97 Å². The highest BCUT2D eigenvalue weighted by molar-refractivity contribution is 5.85. The average Bonchev–Trinajstić information content (AvgIpc) is 2.99. The van der Waals surface area contributed by atoms with E-state index in [9.17, 15) is 15.0 Å². The van der Waals surface area contributed by atoms with Gasteiger partial charge in [0.2, 0.25) is 0 Å². The number of hydrogen-bond donors (Lipinski definition) is 3. The van der Waals surface area contributed by atoms with E-state index < -0.39 is 18.0 Å². The predicted molar refractivity (Wildman–Crippen MR) is 94.3 cm³/mol. The molecule has 0 bridgehead atoms. The summed E-state index contributed by atoms with van der Waals surface area (Å²) in [6.07, 6.45) is 2.75. The van der Waals surface area contributed by atoms with Crippen LogP contribution in [0.1, 0.15) is 36.6 Å². The van der Waals surface area contributed by atoms with Gasteiger partial charge in [-0.3, -0.25) is 9.69 Å². The smallest absolute Gasteiger partial charge is 0.309 e. The number of rotatable bonds is 1. The minimum Gasteiger partial charge on any atom is -0.481 e. The number of H-pyrrole nitrogens is 1. The van der Waals surface area contributed by atoms with Crippen LogP contribution in [0.4, 0.5) is 0 Å². The van der Waals surface area contributed by atoms with Crippen LogP contribution in [-0.2, 0) is 11.2 Å². The average molecular weight is 340 g/mol. The maximum absolute atomic E-state index is 11.8. The number of nitrogens with one attached hydrogen (secondary N) is 1. The van der Waals surface area contributed by atoms with Crippen molar-refractivity contribution < 1.29 is 15.0 Å². The molecule has 1 saturated heterocycles. The van der Waals surface area contributed by atoms with Gasteiger partial charge in [-0.05, 0) is 49.1 Å².